The lowest BCUT2D eigenvalue weighted by molar-refractivity contribution is -0.118. The van der Waals surface area contributed by atoms with Crippen molar-refractivity contribution in [3.05, 3.63) is 41.0 Å². The topological polar surface area (TPSA) is 90.3 Å². The molecule has 1 aliphatic carbocycles. The number of aromatic nitrogens is 2. The van der Waals surface area contributed by atoms with Crippen molar-refractivity contribution in [1.29, 1.82) is 0 Å². The van der Waals surface area contributed by atoms with E-state index in [-0.39, 0.29) is 21.9 Å². The second-order valence-corrected chi connectivity index (χ2v) is 11.2. The molecule has 1 saturated carbocycles. The number of carbonyl (C=O) groups excluding carboxylic acids is 1. The van der Waals surface area contributed by atoms with Gasteiger partial charge in [-0.25, -0.2) is 8.42 Å². The number of ether oxygens (including phenoxy) is 1. The van der Waals surface area contributed by atoms with Gasteiger partial charge in [-0.3, -0.25) is 9.48 Å². The number of benzene rings is 1. The van der Waals surface area contributed by atoms with Gasteiger partial charge in [0.25, 0.3) is 0 Å². The third-order valence-electron chi connectivity index (χ3n) is 5.78. The van der Waals surface area contributed by atoms with Crippen LogP contribution in [0, 0.1) is 5.92 Å². The minimum atomic E-state index is -3.43. The first-order chi connectivity index (χ1) is 15.1. The van der Waals surface area contributed by atoms with Crippen LogP contribution in [0.5, 0.6) is 0 Å². The molecule has 1 aromatic heterocycles. The van der Waals surface area contributed by atoms with Gasteiger partial charge in [0.2, 0.25) is 5.91 Å². The summed E-state index contributed by atoms with van der Waals surface area (Å²) in [6.45, 7) is 5.10. The lowest BCUT2D eigenvalue weighted by Crippen LogP contribution is -2.23. The molecule has 1 aromatic carbocycles. The molecule has 1 amide bonds. The summed E-state index contributed by atoms with van der Waals surface area (Å²) in [6, 6.07) is 6.56. The fraction of sp³-hybridized carbons (Fsp3) is 0.565. The predicted molar refractivity (Wildman–Crippen MR) is 126 cm³/mol. The summed E-state index contributed by atoms with van der Waals surface area (Å²) in [5, 5.41) is 7.49. The quantitative estimate of drug-likeness (QED) is 0.532. The Morgan fingerprint density at radius 2 is 2.00 bits per heavy atom. The Bertz CT molecular complexity index is 1030. The Morgan fingerprint density at radius 3 is 2.62 bits per heavy atom. The summed E-state index contributed by atoms with van der Waals surface area (Å²) in [5.74, 6) is 0.349. The fourth-order valence-corrected chi connectivity index (χ4v) is 5.49. The SMILES string of the molecule is CC(C)OCCn1ccc(NC(=O)[C@H](CC2CCCC2)c2ccc(S(C)(=O)=O)c(Cl)c2)n1. The Balaban J connectivity index is 1.76. The highest BCUT2D eigenvalue weighted by atomic mass is 35.5. The molecule has 1 atom stereocenters. The van der Waals surface area contributed by atoms with Crippen LogP contribution in [-0.4, -0.2) is 43.1 Å². The van der Waals surface area contributed by atoms with Gasteiger partial charge < -0.3 is 10.1 Å². The van der Waals surface area contributed by atoms with Crippen LogP contribution in [0.1, 0.15) is 57.4 Å². The summed E-state index contributed by atoms with van der Waals surface area (Å²) in [6.07, 6.45) is 8.34. The van der Waals surface area contributed by atoms with E-state index in [0.717, 1.165) is 24.7 Å². The number of carbonyl (C=O) groups is 1. The first-order valence-electron chi connectivity index (χ1n) is 11.1. The number of amides is 1. The summed E-state index contributed by atoms with van der Waals surface area (Å²) < 4.78 is 31.1. The standard InChI is InChI=1S/C23H32ClN3O4S/c1-16(2)31-13-12-27-11-10-22(26-27)25-23(28)19(14-17-6-4-5-7-17)18-8-9-21(20(24)15-18)32(3,29)30/h8-11,15-17,19H,4-7,12-14H2,1-3H3,(H,25,26,28)/t19-/m1/s1. The van der Waals surface area contributed by atoms with Gasteiger partial charge in [-0.2, -0.15) is 5.10 Å². The number of halogens is 1. The van der Waals surface area contributed by atoms with Gasteiger partial charge in [0.05, 0.1) is 35.1 Å². The van der Waals surface area contributed by atoms with Crippen LogP contribution in [0.4, 0.5) is 5.82 Å². The van der Waals surface area contributed by atoms with Crippen molar-refractivity contribution < 1.29 is 17.9 Å². The molecule has 0 aliphatic heterocycles. The highest BCUT2D eigenvalue weighted by molar-refractivity contribution is 7.90. The van der Waals surface area contributed by atoms with E-state index in [1.54, 1.807) is 22.9 Å². The fourth-order valence-electron chi connectivity index (χ4n) is 4.16. The second-order valence-electron chi connectivity index (χ2n) is 8.77. The number of nitrogens with one attached hydrogen (secondary N) is 1. The number of anilines is 1. The molecule has 1 aliphatic rings. The highest BCUT2D eigenvalue weighted by Gasteiger charge is 2.28. The van der Waals surface area contributed by atoms with E-state index >= 15 is 0 Å². The summed E-state index contributed by atoms with van der Waals surface area (Å²) >= 11 is 6.28. The average Bonchev–Trinajstić information content (AvgIpc) is 3.36. The molecule has 0 unspecified atom stereocenters. The van der Waals surface area contributed by atoms with E-state index in [0.29, 0.717) is 31.3 Å². The summed E-state index contributed by atoms with van der Waals surface area (Å²) in [4.78, 5) is 13.3. The van der Waals surface area contributed by atoms with Crippen LogP contribution in [0.3, 0.4) is 0 Å². The minimum absolute atomic E-state index is 0.0744. The largest absolute Gasteiger partial charge is 0.377 e. The molecule has 1 N–H and O–H groups in total. The van der Waals surface area contributed by atoms with Crippen LogP contribution >= 0.6 is 11.6 Å². The molecule has 176 valence electrons. The van der Waals surface area contributed by atoms with E-state index in [4.69, 9.17) is 16.3 Å². The summed E-state index contributed by atoms with van der Waals surface area (Å²) in [5.41, 5.74) is 0.719. The van der Waals surface area contributed by atoms with Crippen LogP contribution in [0.15, 0.2) is 35.4 Å². The third-order valence-corrected chi connectivity index (χ3v) is 7.36. The number of hydrogen-bond acceptors (Lipinski definition) is 5. The van der Waals surface area contributed by atoms with E-state index in [1.807, 2.05) is 20.0 Å². The van der Waals surface area contributed by atoms with Crippen molar-refractivity contribution in [2.75, 3.05) is 18.2 Å². The predicted octanol–water partition coefficient (Wildman–Crippen LogP) is 4.67. The smallest absolute Gasteiger partial charge is 0.233 e. The van der Waals surface area contributed by atoms with Crippen LogP contribution < -0.4 is 5.32 Å². The Hall–Kier alpha value is -1.90. The number of hydrogen-bond donors (Lipinski definition) is 1. The molecule has 0 bridgehead atoms. The van der Waals surface area contributed by atoms with E-state index in [2.05, 4.69) is 10.4 Å². The lowest BCUT2D eigenvalue weighted by atomic mass is 9.87. The van der Waals surface area contributed by atoms with Gasteiger partial charge >= 0.3 is 0 Å². The highest BCUT2D eigenvalue weighted by Crippen LogP contribution is 2.36. The normalized spacial score (nSPS) is 15.9. The lowest BCUT2D eigenvalue weighted by Gasteiger charge is -2.21. The van der Waals surface area contributed by atoms with Crippen LogP contribution in [-0.2, 0) is 25.9 Å². The molecule has 3 rings (SSSR count). The maximum Gasteiger partial charge on any atom is 0.233 e. The van der Waals surface area contributed by atoms with Crippen LogP contribution in [0.25, 0.3) is 0 Å². The zero-order valence-electron chi connectivity index (χ0n) is 18.9. The first kappa shape index (κ1) is 24.7. The molecule has 9 heteroatoms. The summed E-state index contributed by atoms with van der Waals surface area (Å²) in [7, 11) is -3.43. The molecule has 0 radical (unpaired) electrons. The molecular formula is C23H32ClN3O4S. The zero-order valence-corrected chi connectivity index (χ0v) is 20.5. The Labute approximate surface area is 195 Å². The van der Waals surface area contributed by atoms with Crippen molar-refractivity contribution in [2.45, 2.75) is 69.4 Å². The van der Waals surface area contributed by atoms with Crippen molar-refractivity contribution in [3.8, 4) is 0 Å². The zero-order chi connectivity index (χ0) is 23.3. The molecule has 0 spiro atoms. The Kier molecular flexibility index (Phi) is 8.36. The van der Waals surface area contributed by atoms with Gasteiger partial charge in [-0.15, -0.1) is 0 Å². The van der Waals surface area contributed by atoms with E-state index in [1.165, 1.54) is 18.9 Å². The molecule has 1 heterocycles. The number of rotatable bonds is 10. The van der Waals surface area contributed by atoms with Crippen molar-refractivity contribution in [2.24, 2.45) is 5.92 Å². The van der Waals surface area contributed by atoms with Gasteiger partial charge in [-0.05, 0) is 43.9 Å². The average molecular weight is 482 g/mol. The van der Waals surface area contributed by atoms with Crippen molar-refractivity contribution in [3.63, 3.8) is 0 Å². The maximum absolute atomic E-state index is 13.3. The molecule has 7 nitrogen and oxygen atoms in total. The Morgan fingerprint density at radius 1 is 1.28 bits per heavy atom. The molecule has 1 fully saturated rings. The minimum Gasteiger partial charge on any atom is -0.377 e. The second kappa shape index (κ2) is 10.8. The number of nitrogens with zero attached hydrogens (tertiary/aromatic N) is 2. The third kappa shape index (κ3) is 6.80. The van der Waals surface area contributed by atoms with Gasteiger partial charge in [0.1, 0.15) is 0 Å². The van der Waals surface area contributed by atoms with Gasteiger partial charge in [0, 0.05) is 18.5 Å². The van der Waals surface area contributed by atoms with Gasteiger partial charge in [-0.1, -0.05) is 43.4 Å². The molecular weight excluding hydrogens is 450 g/mol. The number of sulfone groups is 1. The van der Waals surface area contributed by atoms with Crippen molar-refractivity contribution >= 4 is 33.2 Å². The first-order valence-corrected chi connectivity index (χ1v) is 13.4. The molecule has 2 aromatic rings. The molecule has 0 saturated heterocycles. The van der Waals surface area contributed by atoms with Crippen LogP contribution in [0.2, 0.25) is 5.02 Å². The van der Waals surface area contributed by atoms with E-state index < -0.39 is 15.8 Å². The monoisotopic (exact) mass is 481 g/mol. The van der Waals surface area contributed by atoms with Crippen molar-refractivity contribution in [1.82, 2.24) is 9.78 Å². The maximum atomic E-state index is 13.3. The van der Waals surface area contributed by atoms with Gasteiger partial charge in [0.15, 0.2) is 15.7 Å². The van der Waals surface area contributed by atoms with E-state index in [9.17, 15) is 13.2 Å². The molecule has 32 heavy (non-hydrogen) atoms.